The summed E-state index contributed by atoms with van der Waals surface area (Å²) < 4.78 is 44.4. The molecule has 0 aliphatic heterocycles. The molecule has 12 heteroatoms. The third-order valence-electron chi connectivity index (χ3n) is 5.81. The van der Waals surface area contributed by atoms with Gasteiger partial charge in [-0.1, -0.05) is 30.3 Å². The number of H-pyrrole nitrogens is 1. The normalized spacial score (nSPS) is 11.8. The topological polar surface area (TPSA) is 111 Å². The van der Waals surface area contributed by atoms with Crippen molar-refractivity contribution in [3.05, 3.63) is 89.9 Å². The van der Waals surface area contributed by atoms with Gasteiger partial charge in [-0.25, -0.2) is 9.97 Å². The largest absolute Gasteiger partial charge is 0.454 e. The number of aromatic nitrogens is 7. The molecular weight excluding hydrogens is 499 g/mol. The van der Waals surface area contributed by atoms with Crippen LogP contribution in [0.1, 0.15) is 0 Å². The number of hydrogen-bond acceptors (Lipinski definition) is 7. The molecule has 9 nitrogen and oxygen atoms in total. The monoisotopic (exact) mass is 515 g/mol. The quantitative estimate of drug-likeness (QED) is 0.354. The first kappa shape index (κ1) is 23.3. The fourth-order valence-corrected chi connectivity index (χ4v) is 4.10. The van der Waals surface area contributed by atoms with Crippen LogP contribution in [0.25, 0.3) is 50.0 Å². The number of nitrogens with one attached hydrogen (secondary N) is 1. The fourth-order valence-electron chi connectivity index (χ4n) is 4.10. The summed E-state index contributed by atoms with van der Waals surface area (Å²) in [6.45, 7) is -1.55. The molecule has 188 valence electrons. The van der Waals surface area contributed by atoms with Crippen molar-refractivity contribution in [3.63, 3.8) is 0 Å². The van der Waals surface area contributed by atoms with E-state index in [4.69, 9.17) is 4.74 Å². The second-order valence-electron chi connectivity index (χ2n) is 8.32. The summed E-state index contributed by atoms with van der Waals surface area (Å²) >= 11 is 0. The number of pyridine rings is 2. The van der Waals surface area contributed by atoms with Crippen molar-refractivity contribution in [3.8, 4) is 34.2 Å². The average Bonchev–Trinajstić information content (AvgIpc) is 3.46. The molecule has 0 amide bonds. The summed E-state index contributed by atoms with van der Waals surface area (Å²) in [7, 11) is 0. The zero-order chi connectivity index (χ0) is 26.3. The number of benzene rings is 2. The zero-order valence-corrected chi connectivity index (χ0v) is 19.3. The van der Waals surface area contributed by atoms with Gasteiger partial charge in [-0.3, -0.25) is 19.4 Å². The molecule has 0 fully saturated rings. The first-order valence-corrected chi connectivity index (χ1v) is 11.3. The number of halogens is 3. The first-order valence-electron chi connectivity index (χ1n) is 11.3. The van der Waals surface area contributed by atoms with Crippen molar-refractivity contribution >= 4 is 21.8 Å². The summed E-state index contributed by atoms with van der Waals surface area (Å²) in [5, 5.41) is 7.96. The van der Waals surface area contributed by atoms with E-state index in [9.17, 15) is 18.0 Å². The van der Waals surface area contributed by atoms with E-state index in [-0.39, 0.29) is 11.1 Å². The Morgan fingerprint density at radius 3 is 2.53 bits per heavy atom. The molecule has 0 unspecified atom stereocenters. The Kier molecular flexibility index (Phi) is 5.56. The summed E-state index contributed by atoms with van der Waals surface area (Å²) in [4.78, 5) is 30.4. The van der Waals surface area contributed by atoms with Crippen LogP contribution in [0.3, 0.4) is 0 Å². The third-order valence-corrected chi connectivity index (χ3v) is 5.81. The molecule has 0 spiro atoms. The molecule has 0 radical (unpaired) electrons. The smallest absolute Gasteiger partial charge is 0.422 e. The van der Waals surface area contributed by atoms with E-state index >= 15 is 0 Å². The molecule has 4 heterocycles. The average molecular weight is 515 g/mol. The second kappa shape index (κ2) is 9.07. The lowest BCUT2D eigenvalue weighted by Crippen LogP contribution is -2.22. The highest BCUT2D eigenvalue weighted by molar-refractivity contribution is 5.93. The van der Waals surface area contributed by atoms with Gasteiger partial charge in [0.2, 0.25) is 0 Å². The molecule has 6 aromatic rings. The van der Waals surface area contributed by atoms with Crippen molar-refractivity contribution in [1.82, 2.24) is 34.7 Å². The summed E-state index contributed by atoms with van der Waals surface area (Å²) in [5.41, 5.74) is 2.46. The van der Waals surface area contributed by atoms with Gasteiger partial charge < -0.3 is 4.74 Å². The van der Waals surface area contributed by atoms with Gasteiger partial charge >= 0.3 is 12.2 Å². The van der Waals surface area contributed by atoms with Gasteiger partial charge in [-0.15, -0.1) is 0 Å². The molecule has 38 heavy (non-hydrogen) atoms. The predicted octanol–water partition coefficient (Wildman–Crippen LogP) is 4.72. The van der Waals surface area contributed by atoms with Crippen LogP contribution in [0.15, 0.2) is 84.3 Å². The lowest BCUT2D eigenvalue weighted by Gasteiger charge is -2.14. The predicted molar refractivity (Wildman–Crippen MR) is 133 cm³/mol. The van der Waals surface area contributed by atoms with Gasteiger partial charge in [0.1, 0.15) is 6.33 Å². The Balaban J connectivity index is 1.54. The van der Waals surface area contributed by atoms with Gasteiger partial charge in [0.15, 0.2) is 12.4 Å². The Labute approximate surface area is 211 Å². The molecular formula is C26H16F3N7O2. The minimum Gasteiger partial charge on any atom is -0.454 e. The van der Waals surface area contributed by atoms with Crippen molar-refractivity contribution in [2.75, 3.05) is 6.61 Å². The molecule has 4 aromatic heterocycles. The number of ether oxygens (including phenoxy) is 1. The van der Waals surface area contributed by atoms with Gasteiger partial charge in [0.05, 0.1) is 16.6 Å². The van der Waals surface area contributed by atoms with Crippen LogP contribution in [0.4, 0.5) is 13.2 Å². The highest BCUT2D eigenvalue weighted by Gasteiger charge is 2.29. The Morgan fingerprint density at radius 2 is 1.76 bits per heavy atom. The van der Waals surface area contributed by atoms with Crippen LogP contribution in [-0.4, -0.2) is 47.5 Å². The molecule has 0 aliphatic carbocycles. The molecule has 1 N–H and O–H groups in total. The van der Waals surface area contributed by atoms with E-state index in [1.54, 1.807) is 54.9 Å². The molecule has 0 bridgehead atoms. The molecule has 2 aromatic carbocycles. The van der Waals surface area contributed by atoms with E-state index in [1.807, 2.05) is 12.1 Å². The maximum Gasteiger partial charge on any atom is 0.422 e. The Bertz CT molecular complexity index is 1830. The standard InChI is InChI=1S/C26H16F3N7O2/c27-26(28,29)13-38-25-31-11-18-12-36(19-7-8-20-17(10-19)2-1-9-30-20)24(37)21(22(18)34-25)15-3-5-16(6-4-15)23-32-14-33-35-23/h1-12,14H,13H2,(H,32,33,35). The maximum absolute atomic E-state index is 13.9. The number of aromatic amines is 1. The molecule has 0 saturated carbocycles. The fraction of sp³-hybridized carbons (Fsp3) is 0.0769. The SMILES string of the molecule is O=c1c(-c2ccc(-c3nc[nH]n3)cc2)c2nc(OCC(F)(F)F)ncc2cn1-c1ccc2ncccc2c1. The van der Waals surface area contributed by atoms with E-state index in [0.717, 1.165) is 10.9 Å². The molecule has 6 rings (SSSR count). The highest BCUT2D eigenvalue weighted by Crippen LogP contribution is 2.28. The summed E-state index contributed by atoms with van der Waals surface area (Å²) in [6.07, 6.45) is 1.45. The van der Waals surface area contributed by atoms with Gasteiger partial charge in [0.25, 0.3) is 5.56 Å². The van der Waals surface area contributed by atoms with E-state index < -0.39 is 24.4 Å². The van der Waals surface area contributed by atoms with Gasteiger partial charge in [-0.2, -0.15) is 23.3 Å². The second-order valence-corrected chi connectivity index (χ2v) is 8.32. The van der Waals surface area contributed by atoms with Crippen LogP contribution in [0, 0.1) is 0 Å². The van der Waals surface area contributed by atoms with E-state index in [1.165, 1.54) is 17.1 Å². The Morgan fingerprint density at radius 1 is 0.947 bits per heavy atom. The minimum atomic E-state index is -4.56. The number of hydrogen-bond donors (Lipinski definition) is 1. The minimum absolute atomic E-state index is 0.159. The van der Waals surface area contributed by atoms with Crippen molar-refractivity contribution in [2.24, 2.45) is 0 Å². The number of rotatable bonds is 5. The Hall–Kier alpha value is -5.13. The molecule has 0 atom stereocenters. The van der Waals surface area contributed by atoms with Crippen LogP contribution in [0.2, 0.25) is 0 Å². The third kappa shape index (κ3) is 4.43. The van der Waals surface area contributed by atoms with E-state index in [2.05, 4.69) is 30.1 Å². The first-order chi connectivity index (χ1) is 18.4. The van der Waals surface area contributed by atoms with E-state index in [0.29, 0.717) is 28.0 Å². The van der Waals surface area contributed by atoms with Crippen molar-refractivity contribution in [1.29, 1.82) is 0 Å². The zero-order valence-electron chi connectivity index (χ0n) is 19.3. The van der Waals surface area contributed by atoms with Gasteiger partial charge in [0, 0.05) is 40.6 Å². The highest BCUT2D eigenvalue weighted by atomic mass is 19.4. The number of nitrogens with zero attached hydrogens (tertiary/aromatic N) is 6. The van der Waals surface area contributed by atoms with Crippen LogP contribution >= 0.6 is 0 Å². The maximum atomic E-state index is 13.9. The van der Waals surface area contributed by atoms with Crippen LogP contribution in [-0.2, 0) is 0 Å². The number of fused-ring (bicyclic) bond motifs is 2. The lowest BCUT2D eigenvalue weighted by atomic mass is 10.0. The molecule has 0 saturated heterocycles. The summed E-state index contributed by atoms with van der Waals surface area (Å²) in [5.74, 6) is 0.474. The van der Waals surface area contributed by atoms with Crippen LogP contribution < -0.4 is 10.3 Å². The summed E-state index contributed by atoms with van der Waals surface area (Å²) in [6, 6.07) is 15.5. The van der Waals surface area contributed by atoms with Crippen molar-refractivity contribution < 1.29 is 17.9 Å². The lowest BCUT2D eigenvalue weighted by molar-refractivity contribution is -0.154. The number of alkyl halides is 3. The van der Waals surface area contributed by atoms with Crippen molar-refractivity contribution in [2.45, 2.75) is 6.18 Å². The van der Waals surface area contributed by atoms with Gasteiger partial charge in [-0.05, 0) is 29.8 Å². The molecule has 0 aliphatic rings. The van der Waals surface area contributed by atoms with Crippen LogP contribution in [0.5, 0.6) is 6.01 Å².